The average molecular weight is 343 g/mol. The number of amides is 1. The standard InChI is InChI=1S/C19H25N3O3/c1-6-22-14(3)11-13(2)17(19(22)24)18(23)21(4)16(12-25-5)15-9-7-8-10-20-15/h7-11,16H,6,12H2,1-5H3. The highest BCUT2D eigenvalue weighted by Gasteiger charge is 2.27. The van der Waals surface area contributed by atoms with Gasteiger partial charge >= 0.3 is 0 Å². The number of ether oxygens (including phenoxy) is 1. The van der Waals surface area contributed by atoms with E-state index < -0.39 is 0 Å². The predicted molar refractivity (Wildman–Crippen MR) is 96.8 cm³/mol. The number of pyridine rings is 2. The first-order chi connectivity index (χ1) is 11.9. The monoisotopic (exact) mass is 343 g/mol. The van der Waals surface area contributed by atoms with Crippen LogP contribution < -0.4 is 5.56 Å². The number of nitrogens with zero attached hydrogens (tertiary/aromatic N) is 3. The molecule has 0 aromatic carbocycles. The van der Waals surface area contributed by atoms with Crippen molar-refractivity contribution in [1.29, 1.82) is 0 Å². The number of rotatable bonds is 6. The van der Waals surface area contributed by atoms with E-state index in [0.29, 0.717) is 18.7 Å². The van der Waals surface area contributed by atoms with E-state index in [1.807, 2.05) is 38.1 Å². The van der Waals surface area contributed by atoms with Gasteiger partial charge in [0, 0.05) is 32.6 Å². The van der Waals surface area contributed by atoms with Crippen LogP contribution >= 0.6 is 0 Å². The SMILES string of the molecule is CCn1c(C)cc(C)c(C(=O)N(C)C(COC)c2ccccn2)c1=O. The Morgan fingerprint density at radius 1 is 1.36 bits per heavy atom. The van der Waals surface area contributed by atoms with Gasteiger partial charge in [0.25, 0.3) is 11.5 Å². The molecule has 1 unspecified atom stereocenters. The van der Waals surface area contributed by atoms with Crippen LogP contribution in [0.1, 0.15) is 40.3 Å². The maximum Gasteiger partial charge on any atom is 0.263 e. The molecule has 0 fully saturated rings. The lowest BCUT2D eigenvalue weighted by atomic mass is 10.1. The van der Waals surface area contributed by atoms with Crippen LogP contribution in [0.5, 0.6) is 0 Å². The number of carbonyl (C=O) groups is 1. The molecule has 134 valence electrons. The normalized spacial score (nSPS) is 12.0. The number of carbonyl (C=O) groups excluding carboxylic acids is 1. The molecule has 1 atom stereocenters. The second-order valence-corrected chi connectivity index (χ2v) is 6.03. The first kappa shape index (κ1) is 18.9. The van der Waals surface area contributed by atoms with E-state index in [1.165, 1.54) is 4.90 Å². The average Bonchev–Trinajstić information content (AvgIpc) is 2.59. The fraction of sp³-hybridized carbons (Fsp3) is 0.421. The molecule has 0 aliphatic rings. The molecule has 6 nitrogen and oxygen atoms in total. The summed E-state index contributed by atoms with van der Waals surface area (Å²) in [6, 6.07) is 7.04. The number of likely N-dealkylation sites (N-methyl/N-ethyl adjacent to an activating group) is 1. The molecule has 0 spiro atoms. The molecule has 0 aliphatic heterocycles. The minimum absolute atomic E-state index is 0.201. The highest BCUT2D eigenvalue weighted by molar-refractivity contribution is 5.95. The number of aryl methyl sites for hydroxylation is 2. The fourth-order valence-corrected chi connectivity index (χ4v) is 3.02. The predicted octanol–water partition coefficient (Wildman–Crippen LogP) is 2.34. The molecule has 2 heterocycles. The van der Waals surface area contributed by atoms with E-state index in [4.69, 9.17) is 4.74 Å². The summed E-state index contributed by atoms with van der Waals surface area (Å²) in [5.74, 6) is -0.322. The molecular weight excluding hydrogens is 318 g/mol. The van der Waals surface area contributed by atoms with Crippen LogP contribution in [-0.4, -0.2) is 41.1 Å². The molecule has 2 aromatic rings. The summed E-state index contributed by atoms with van der Waals surface area (Å²) in [6.45, 7) is 6.38. The van der Waals surface area contributed by atoms with Crippen LogP contribution in [0.4, 0.5) is 0 Å². The van der Waals surface area contributed by atoms with Crippen LogP contribution in [0.3, 0.4) is 0 Å². The van der Waals surface area contributed by atoms with Crippen molar-refractivity contribution in [2.75, 3.05) is 20.8 Å². The largest absolute Gasteiger partial charge is 0.382 e. The topological polar surface area (TPSA) is 64.4 Å². The van der Waals surface area contributed by atoms with Crippen LogP contribution in [0.25, 0.3) is 0 Å². The smallest absolute Gasteiger partial charge is 0.263 e. The molecule has 0 N–H and O–H groups in total. The van der Waals surface area contributed by atoms with Crippen LogP contribution in [-0.2, 0) is 11.3 Å². The Balaban J connectivity index is 2.47. The van der Waals surface area contributed by atoms with Crippen LogP contribution in [0.15, 0.2) is 35.3 Å². The second kappa shape index (κ2) is 8.07. The lowest BCUT2D eigenvalue weighted by Crippen LogP contribution is -2.39. The summed E-state index contributed by atoms with van der Waals surface area (Å²) >= 11 is 0. The van der Waals surface area contributed by atoms with Gasteiger partial charge in [-0.15, -0.1) is 0 Å². The maximum atomic E-state index is 13.1. The van der Waals surface area contributed by atoms with Gasteiger partial charge in [-0.1, -0.05) is 6.07 Å². The van der Waals surface area contributed by atoms with Gasteiger partial charge in [0.05, 0.1) is 18.3 Å². The summed E-state index contributed by atoms with van der Waals surface area (Å²) in [7, 11) is 3.26. The first-order valence-electron chi connectivity index (χ1n) is 8.30. The van der Waals surface area contributed by atoms with E-state index in [2.05, 4.69) is 4.98 Å². The van der Waals surface area contributed by atoms with Gasteiger partial charge in [-0.2, -0.15) is 0 Å². The highest BCUT2D eigenvalue weighted by atomic mass is 16.5. The van der Waals surface area contributed by atoms with Crippen molar-refractivity contribution < 1.29 is 9.53 Å². The summed E-state index contributed by atoms with van der Waals surface area (Å²) in [5.41, 5.74) is 2.20. The van der Waals surface area contributed by atoms with E-state index in [0.717, 1.165) is 11.4 Å². The molecule has 1 amide bonds. The zero-order chi connectivity index (χ0) is 18.6. The van der Waals surface area contributed by atoms with Crippen molar-refractivity contribution in [2.45, 2.75) is 33.4 Å². The molecule has 2 aromatic heterocycles. The minimum Gasteiger partial charge on any atom is -0.382 e. The van der Waals surface area contributed by atoms with Gasteiger partial charge in [0.15, 0.2) is 0 Å². The minimum atomic E-state index is -0.367. The lowest BCUT2D eigenvalue weighted by molar-refractivity contribution is 0.0592. The second-order valence-electron chi connectivity index (χ2n) is 6.03. The first-order valence-corrected chi connectivity index (χ1v) is 8.30. The van der Waals surface area contributed by atoms with E-state index in [1.54, 1.807) is 31.8 Å². The lowest BCUT2D eigenvalue weighted by Gasteiger charge is -2.28. The van der Waals surface area contributed by atoms with Crippen LogP contribution in [0, 0.1) is 13.8 Å². The molecular formula is C19H25N3O3. The Morgan fingerprint density at radius 3 is 2.64 bits per heavy atom. The zero-order valence-electron chi connectivity index (χ0n) is 15.4. The molecule has 0 bridgehead atoms. The maximum absolute atomic E-state index is 13.1. The number of hydrogen-bond donors (Lipinski definition) is 0. The Labute approximate surface area is 148 Å². The fourth-order valence-electron chi connectivity index (χ4n) is 3.02. The third-order valence-electron chi connectivity index (χ3n) is 4.38. The van der Waals surface area contributed by atoms with Crippen molar-refractivity contribution in [3.05, 3.63) is 63.3 Å². The van der Waals surface area contributed by atoms with E-state index in [9.17, 15) is 9.59 Å². The quantitative estimate of drug-likeness (QED) is 0.807. The van der Waals surface area contributed by atoms with Gasteiger partial charge in [0.2, 0.25) is 0 Å². The van der Waals surface area contributed by atoms with Gasteiger partial charge in [-0.3, -0.25) is 14.6 Å². The molecule has 0 saturated heterocycles. The van der Waals surface area contributed by atoms with E-state index >= 15 is 0 Å². The molecule has 0 radical (unpaired) electrons. The van der Waals surface area contributed by atoms with Gasteiger partial charge < -0.3 is 14.2 Å². The molecule has 6 heteroatoms. The van der Waals surface area contributed by atoms with Gasteiger partial charge in [-0.25, -0.2) is 0 Å². The van der Waals surface area contributed by atoms with Gasteiger partial charge in [0.1, 0.15) is 5.56 Å². The van der Waals surface area contributed by atoms with Crippen molar-refractivity contribution >= 4 is 5.91 Å². The number of hydrogen-bond acceptors (Lipinski definition) is 4. The van der Waals surface area contributed by atoms with E-state index in [-0.39, 0.29) is 23.1 Å². The summed E-state index contributed by atoms with van der Waals surface area (Å²) in [6.07, 6.45) is 1.68. The summed E-state index contributed by atoms with van der Waals surface area (Å²) < 4.78 is 6.88. The zero-order valence-corrected chi connectivity index (χ0v) is 15.4. The highest BCUT2D eigenvalue weighted by Crippen LogP contribution is 2.20. The third kappa shape index (κ3) is 3.79. The molecule has 0 saturated carbocycles. The number of aromatic nitrogens is 2. The molecule has 25 heavy (non-hydrogen) atoms. The Hall–Kier alpha value is -2.47. The third-order valence-corrected chi connectivity index (χ3v) is 4.38. The van der Waals surface area contributed by atoms with Crippen molar-refractivity contribution in [3.8, 4) is 0 Å². The molecule has 0 aliphatic carbocycles. The summed E-state index contributed by atoms with van der Waals surface area (Å²) in [5, 5.41) is 0. The Kier molecular flexibility index (Phi) is 6.09. The number of methoxy groups -OCH3 is 1. The Bertz CT molecular complexity index is 800. The molecule has 2 rings (SSSR count). The van der Waals surface area contributed by atoms with Crippen molar-refractivity contribution in [2.24, 2.45) is 0 Å². The summed E-state index contributed by atoms with van der Waals surface area (Å²) in [4.78, 5) is 31.7. The van der Waals surface area contributed by atoms with Crippen molar-refractivity contribution in [1.82, 2.24) is 14.5 Å². The Morgan fingerprint density at radius 2 is 2.08 bits per heavy atom. The van der Waals surface area contributed by atoms with Gasteiger partial charge in [-0.05, 0) is 44.5 Å². The van der Waals surface area contributed by atoms with Crippen molar-refractivity contribution in [3.63, 3.8) is 0 Å². The van der Waals surface area contributed by atoms with Crippen LogP contribution in [0.2, 0.25) is 0 Å².